The average molecular weight is 517 g/mol. The van der Waals surface area contributed by atoms with Crippen LogP contribution < -0.4 is 10.6 Å². The number of imidazole rings is 2. The van der Waals surface area contributed by atoms with Crippen molar-refractivity contribution in [3.05, 3.63) is 84.7 Å². The van der Waals surface area contributed by atoms with Crippen molar-refractivity contribution in [1.29, 1.82) is 0 Å². The van der Waals surface area contributed by atoms with Gasteiger partial charge in [0.15, 0.2) is 0 Å². The predicted octanol–water partition coefficient (Wildman–Crippen LogP) is 7.02. The molecule has 4 heterocycles. The van der Waals surface area contributed by atoms with Crippen LogP contribution in [-0.4, -0.2) is 32.5 Å². The molecule has 0 amide bonds. The van der Waals surface area contributed by atoms with Crippen LogP contribution in [0.4, 0.5) is 0 Å². The first-order chi connectivity index (χ1) is 19.0. The van der Waals surface area contributed by atoms with Crippen molar-refractivity contribution in [3.8, 4) is 33.6 Å². The third-order valence-electron chi connectivity index (χ3n) is 8.81. The van der Waals surface area contributed by atoms with Gasteiger partial charge in [0.25, 0.3) is 0 Å². The van der Waals surface area contributed by atoms with Gasteiger partial charge in [0.05, 0.1) is 35.9 Å². The zero-order chi connectivity index (χ0) is 26.5. The molecule has 0 radical (unpaired) electrons. The molecule has 3 aromatic carbocycles. The van der Waals surface area contributed by atoms with Crippen LogP contribution >= 0.6 is 0 Å². The first kappa shape index (κ1) is 24.3. The fourth-order valence-corrected chi connectivity index (χ4v) is 6.19. The molecule has 5 atom stereocenters. The topological polar surface area (TPSA) is 81.4 Å². The highest BCUT2D eigenvalue weighted by atomic mass is 15.1. The molecule has 2 aromatic heterocycles. The molecule has 0 saturated carbocycles. The maximum Gasteiger partial charge on any atom is 0.123 e. The molecule has 0 unspecified atom stereocenters. The van der Waals surface area contributed by atoms with Gasteiger partial charge in [-0.15, -0.1) is 0 Å². The lowest BCUT2D eigenvalue weighted by molar-refractivity contribution is 0.516. The summed E-state index contributed by atoms with van der Waals surface area (Å²) < 4.78 is 0. The Morgan fingerprint density at radius 1 is 0.641 bits per heavy atom. The predicted molar refractivity (Wildman–Crippen MR) is 158 cm³/mol. The lowest BCUT2D eigenvalue weighted by Gasteiger charge is -2.09. The Hall–Kier alpha value is -3.74. The molecule has 2 saturated heterocycles. The SMILES string of the molecule is C[C@H]1CN[C@H](c2ncc(-c3ccc4cc(-c5ccc(-c6cnc([C@@H]7C[C@@H](C)[C@@H](C)N7)[nH]6)cc5)ccc4c3)[nH]2)C1. The third kappa shape index (κ3) is 4.68. The Kier molecular flexibility index (Phi) is 6.09. The maximum atomic E-state index is 4.68. The maximum absolute atomic E-state index is 4.68. The Balaban J connectivity index is 1.08. The number of benzene rings is 3. The standard InChI is InChI=1S/C33H36N6/c1-19-12-28(34-16-19)32-35-18-31(39-32)27-11-10-25-14-24(8-9-26(25)15-27)22-4-6-23(7-5-22)30-17-36-33(38-30)29-13-20(2)21(3)37-29/h4-11,14-15,17-21,28-29,34,37H,12-13,16H2,1-3H3,(H,35,39)(H,36,38)/t19-,20-,21-,28+,29+/m1/s1. The summed E-state index contributed by atoms with van der Waals surface area (Å²) in [6.07, 6.45) is 6.18. The van der Waals surface area contributed by atoms with Crippen molar-refractivity contribution in [2.24, 2.45) is 11.8 Å². The number of nitrogens with zero attached hydrogens (tertiary/aromatic N) is 2. The van der Waals surface area contributed by atoms with Gasteiger partial charge in [-0.2, -0.15) is 0 Å². The van der Waals surface area contributed by atoms with E-state index in [-0.39, 0.29) is 0 Å². The molecule has 2 fully saturated rings. The van der Waals surface area contributed by atoms with E-state index in [1.165, 1.54) is 27.5 Å². The van der Waals surface area contributed by atoms with Gasteiger partial charge < -0.3 is 20.6 Å². The van der Waals surface area contributed by atoms with E-state index in [0.717, 1.165) is 48.0 Å². The van der Waals surface area contributed by atoms with Crippen LogP contribution in [0.1, 0.15) is 57.3 Å². The summed E-state index contributed by atoms with van der Waals surface area (Å²) in [5, 5.41) is 9.68. The lowest BCUT2D eigenvalue weighted by Crippen LogP contribution is -2.24. The van der Waals surface area contributed by atoms with E-state index in [2.05, 4.69) is 112 Å². The van der Waals surface area contributed by atoms with Crippen LogP contribution in [0.15, 0.2) is 73.1 Å². The van der Waals surface area contributed by atoms with Gasteiger partial charge in [-0.05, 0) is 77.7 Å². The lowest BCUT2D eigenvalue weighted by atomic mass is 9.98. The number of aromatic nitrogens is 4. The molecule has 0 aliphatic carbocycles. The molecule has 7 rings (SSSR count). The van der Waals surface area contributed by atoms with Gasteiger partial charge in [-0.25, -0.2) is 9.97 Å². The molecule has 5 aromatic rings. The van der Waals surface area contributed by atoms with E-state index >= 15 is 0 Å². The van der Waals surface area contributed by atoms with Crippen LogP contribution in [0.3, 0.4) is 0 Å². The number of H-pyrrole nitrogens is 2. The van der Waals surface area contributed by atoms with Crippen LogP contribution in [0.5, 0.6) is 0 Å². The highest BCUT2D eigenvalue weighted by Gasteiger charge is 2.30. The normalized spacial score (nSPS) is 25.1. The second-order valence-electron chi connectivity index (χ2n) is 11.7. The van der Waals surface area contributed by atoms with Crippen LogP contribution in [0, 0.1) is 11.8 Å². The molecule has 39 heavy (non-hydrogen) atoms. The van der Waals surface area contributed by atoms with Crippen molar-refractivity contribution in [3.63, 3.8) is 0 Å². The quantitative estimate of drug-likeness (QED) is 0.202. The number of hydrogen-bond donors (Lipinski definition) is 4. The first-order valence-electron chi connectivity index (χ1n) is 14.2. The van der Waals surface area contributed by atoms with Gasteiger partial charge in [-0.3, -0.25) is 0 Å². The molecule has 6 nitrogen and oxygen atoms in total. The zero-order valence-corrected chi connectivity index (χ0v) is 22.8. The molecule has 2 aliphatic rings. The van der Waals surface area contributed by atoms with Gasteiger partial charge in [-0.1, -0.05) is 62.4 Å². The summed E-state index contributed by atoms with van der Waals surface area (Å²) in [5.41, 5.74) is 6.89. The fraction of sp³-hybridized carbons (Fsp3) is 0.333. The first-order valence-corrected chi connectivity index (χ1v) is 14.2. The van der Waals surface area contributed by atoms with Crippen molar-refractivity contribution in [2.45, 2.75) is 51.7 Å². The smallest absolute Gasteiger partial charge is 0.123 e. The van der Waals surface area contributed by atoms with Gasteiger partial charge in [0, 0.05) is 11.6 Å². The zero-order valence-electron chi connectivity index (χ0n) is 22.8. The van der Waals surface area contributed by atoms with E-state index in [9.17, 15) is 0 Å². The van der Waals surface area contributed by atoms with E-state index in [4.69, 9.17) is 0 Å². The second kappa shape index (κ2) is 9.78. The summed E-state index contributed by atoms with van der Waals surface area (Å²) in [6, 6.07) is 23.3. The van der Waals surface area contributed by atoms with Gasteiger partial charge in [0.1, 0.15) is 11.6 Å². The second-order valence-corrected chi connectivity index (χ2v) is 11.7. The number of rotatable bonds is 5. The summed E-state index contributed by atoms with van der Waals surface area (Å²) >= 11 is 0. The van der Waals surface area contributed by atoms with Crippen LogP contribution in [0.2, 0.25) is 0 Å². The average Bonchev–Trinajstić information content (AvgIpc) is 3.76. The number of aromatic amines is 2. The molecule has 0 spiro atoms. The summed E-state index contributed by atoms with van der Waals surface area (Å²) in [4.78, 5) is 16.5. The third-order valence-corrected chi connectivity index (χ3v) is 8.81. The number of fused-ring (bicyclic) bond motifs is 1. The Morgan fingerprint density at radius 2 is 1.23 bits per heavy atom. The van der Waals surface area contributed by atoms with Crippen molar-refractivity contribution < 1.29 is 0 Å². The van der Waals surface area contributed by atoms with E-state index < -0.39 is 0 Å². The Morgan fingerprint density at radius 3 is 1.87 bits per heavy atom. The van der Waals surface area contributed by atoms with E-state index in [1.807, 2.05) is 12.4 Å². The van der Waals surface area contributed by atoms with Gasteiger partial charge >= 0.3 is 0 Å². The summed E-state index contributed by atoms with van der Waals surface area (Å²) in [6.45, 7) is 7.90. The Labute approximate surface area is 229 Å². The molecule has 0 bridgehead atoms. The fourth-order valence-electron chi connectivity index (χ4n) is 6.19. The molecule has 4 N–H and O–H groups in total. The highest BCUT2D eigenvalue weighted by molar-refractivity contribution is 5.90. The van der Waals surface area contributed by atoms with Crippen LogP contribution in [0.25, 0.3) is 44.4 Å². The monoisotopic (exact) mass is 516 g/mol. The largest absolute Gasteiger partial charge is 0.341 e. The molecule has 2 aliphatic heterocycles. The number of hydrogen-bond acceptors (Lipinski definition) is 4. The molecule has 6 heteroatoms. The molecule has 198 valence electrons. The van der Waals surface area contributed by atoms with Crippen molar-refractivity contribution in [1.82, 2.24) is 30.6 Å². The van der Waals surface area contributed by atoms with Crippen LogP contribution in [-0.2, 0) is 0 Å². The van der Waals surface area contributed by atoms with Crippen molar-refractivity contribution in [2.75, 3.05) is 6.54 Å². The minimum Gasteiger partial charge on any atom is -0.341 e. The number of nitrogens with one attached hydrogen (secondary N) is 4. The van der Waals surface area contributed by atoms with E-state index in [0.29, 0.717) is 30.0 Å². The van der Waals surface area contributed by atoms with E-state index in [1.54, 1.807) is 0 Å². The highest BCUT2D eigenvalue weighted by Crippen LogP contribution is 2.33. The minimum atomic E-state index is 0.310. The van der Waals surface area contributed by atoms with Gasteiger partial charge in [0.2, 0.25) is 0 Å². The summed E-state index contributed by atoms with van der Waals surface area (Å²) in [7, 11) is 0. The Bertz CT molecular complexity index is 1600. The molecular formula is C33H36N6. The van der Waals surface area contributed by atoms with Crippen molar-refractivity contribution >= 4 is 10.8 Å². The summed E-state index contributed by atoms with van der Waals surface area (Å²) in [5.74, 6) is 3.44. The molecular weight excluding hydrogens is 480 g/mol. The minimum absolute atomic E-state index is 0.310.